The number of ether oxygens (including phenoxy) is 2. The fourth-order valence-corrected chi connectivity index (χ4v) is 10.7. The quantitative estimate of drug-likeness (QED) is 0.0887. The van der Waals surface area contributed by atoms with E-state index >= 15 is 0 Å². The number of hydrogen-bond donors (Lipinski definition) is 5. The number of anilines is 3. The summed E-state index contributed by atoms with van der Waals surface area (Å²) in [5.74, 6) is 4.16. The zero-order chi connectivity index (χ0) is 50.2. The molecule has 12 rings (SSSR count). The van der Waals surface area contributed by atoms with Crippen LogP contribution in [-0.4, -0.2) is 74.0 Å². The van der Waals surface area contributed by atoms with Gasteiger partial charge in [0.05, 0.1) is 59.2 Å². The summed E-state index contributed by atoms with van der Waals surface area (Å²) in [5.41, 5.74) is 33.4. The van der Waals surface area contributed by atoms with Crippen molar-refractivity contribution >= 4 is 73.2 Å². The highest BCUT2D eigenvalue weighted by Gasteiger charge is 2.27. The predicted molar refractivity (Wildman–Crippen MR) is 276 cm³/mol. The summed E-state index contributed by atoms with van der Waals surface area (Å²) in [6, 6.07) is 8.64. The van der Waals surface area contributed by atoms with Crippen molar-refractivity contribution in [2.45, 2.75) is 112 Å². The molecule has 8 heterocycles. The van der Waals surface area contributed by atoms with E-state index in [2.05, 4.69) is 78.8 Å². The zero-order valence-corrected chi connectivity index (χ0v) is 42.4. The molecule has 2 aliphatic rings. The minimum Gasteiger partial charge on any atom is -0.496 e. The highest BCUT2D eigenvalue weighted by atomic mass is 35.5. The van der Waals surface area contributed by atoms with Crippen LogP contribution in [0.1, 0.15) is 109 Å². The molecule has 368 valence electrons. The third kappa shape index (κ3) is 8.20. The van der Waals surface area contributed by atoms with Crippen molar-refractivity contribution in [2.75, 3.05) is 31.4 Å². The van der Waals surface area contributed by atoms with Crippen LogP contribution in [0.15, 0.2) is 33.3 Å². The first-order valence-corrected chi connectivity index (χ1v) is 24.2. The van der Waals surface area contributed by atoms with Gasteiger partial charge in [-0.1, -0.05) is 21.9 Å². The number of rotatable bonds is 8. The van der Waals surface area contributed by atoms with Gasteiger partial charge in [-0.3, -0.25) is 4.68 Å². The predicted octanol–water partition coefficient (Wildman–Crippen LogP) is 9.99. The normalized spacial score (nSPS) is 13.1. The summed E-state index contributed by atoms with van der Waals surface area (Å²) in [7, 11) is 3.30. The molecule has 0 spiro atoms. The Morgan fingerprint density at radius 3 is 1.65 bits per heavy atom. The second-order valence-electron chi connectivity index (χ2n) is 18.8. The zero-order valence-electron chi connectivity index (χ0n) is 41.6. The first-order valence-electron chi connectivity index (χ1n) is 23.8. The van der Waals surface area contributed by atoms with Crippen LogP contribution in [0.3, 0.4) is 0 Å². The van der Waals surface area contributed by atoms with E-state index in [0.717, 1.165) is 122 Å². The van der Waals surface area contributed by atoms with Crippen LogP contribution >= 0.6 is 11.6 Å². The Labute approximate surface area is 413 Å². The lowest BCUT2D eigenvalue weighted by molar-refractivity contribution is 0.393. The minimum absolute atomic E-state index is 0.122. The van der Waals surface area contributed by atoms with Gasteiger partial charge in [-0.25, -0.2) is 14.6 Å². The van der Waals surface area contributed by atoms with E-state index in [4.69, 9.17) is 57.4 Å². The van der Waals surface area contributed by atoms with Crippen LogP contribution in [0.2, 0.25) is 5.15 Å². The number of nitrogen functional groups attached to an aromatic ring is 3. The lowest BCUT2D eigenvalue weighted by Gasteiger charge is -2.13. The number of aryl methyl sites for hydroxylation is 6. The smallest absolute Gasteiger partial charge is 0.223 e. The molecule has 19 nitrogen and oxygen atoms in total. The summed E-state index contributed by atoms with van der Waals surface area (Å²) in [6.07, 6.45) is 7.35. The molecule has 10 aromatic rings. The van der Waals surface area contributed by atoms with Crippen molar-refractivity contribution in [3.63, 3.8) is 0 Å². The number of H-pyrrole nitrogens is 2. The number of halogens is 1. The number of aromatic amines is 2. The Hall–Kier alpha value is -7.67. The number of nitrogens with zero attached hydrogens (tertiary/aromatic N) is 10. The van der Waals surface area contributed by atoms with Crippen molar-refractivity contribution in [3.8, 4) is 33.8 Å². The highest BCUT2D eigenvalue weighted by molar-refractivity contribution is 6.36. The van der Waals surface area contributed by atoms with Gasteiger partial charge >= 0.3 is 0 Å². The summed E-state index contributed by atoms with van der Waals surface area (Å²) >= 11 is 6.25. The van der Waals surface area contributed by atoms with Crippen LogP contribution in [-0.2, 0) is 32.1 Å². The average Bonchev–Trinajstić information content (AvgIpc) is 4.21. The van der Waals surface area contributed by atoms with Gasteiger partial charge in [-0.15, -0.1) is 0 Å². The lowest BCUT2D eigenvalue weighted by Crippen LogP contribution is -2.11. The topological polar surface area (TPSA) is 267 Å². The second-order valence-corrected chi connectivity index (χ2v) is 19.2. The van der Waals surface area contributed by atoms with E-state index in [1.165, 1.54) is 34.6 Å². The maximum atomic E-state index is 6.25. The molecule has 0 aliphatic heterocycles. The van der Waals surface area contributed by atoms with Gasteiger partial charge in [0.2, 0.25) is 11.9 Å². The van der Waals surface area contributed by atoms with Gasteiger partial charge in [0.25, 0.3) is 0 Å². The standard InChI is InChI=1S/C26H29N7O2.C16H14ClN5O2.C9H15N3/c1-12(2)33-21(15-7-6-8-18(15)31-33)11-20-24-16-10-22(34-5)17(23-13(3)32-35-14(23)4)9-19(16)28-25(24)30-26(27)29-20;1-6-12(7(2)24-22-6)9-4-10-8(5-11(9)23-3)13-14(17)20-16(18)21-15(13)19-10;1-6(2)12-9(10)7-4-3-5-8(7)11-12/h9-10,12H,6-8,11H2,1-5H3,(H3,27,28,29,30);4-5H,1-3H3,(H3,18,19,20,21);6H,3-5,10H2,1-2H3. The van der Waals surface area contributed by atoms with Crippen molar-refractivity contribution < 1.29 is 18.5 Å². The second kappa shape index (κ2) is 18.3. The molecule has 0 atom stereocenters. The molecule has 2 aliphatic carbocycles. The van der Waals surface area contributed by atoms with Crippen molar-refractivity contribution in [1.29, 1.82) is 0 Å². The van der Waals surface area contributed by atoms with Crippen LogP contribution < -0.4 is 26.7 Å². The Balaban J connectivity index is 0.000000139. The largest absolute Gasteiger partial charge is 0.496 e. The number of nitrogens with one attached hydrogen (secondary N) is 2. The Morgan fingerprint density at radius 1 is 0.648 bits per heavy atom. The maximum Gasteiger partial charge on any atom is 0.223 e. The van der Waals surface area contributed by atoms with E-state index in [1.54, 1.807) is 14.2 Å². The molecule has 20 heteroatoms. The third-order valence-electron chi connectivity index (χ3n) is 13.5. The SMILES string of the molecule is CC(C)n1nc2c(c1N)CCC2.COc1cc2c(cc1-c1c(C)noc1C)[nH]c1nc(N)nc(Cc3c4c(nn3C(C)C)CCC4)c12.COc1cc2c(cc1-c1c(C)noc1C)[nH]c1nc(N)nc(Cl)c12. The van der Waals surface area contributed by atoms with Crippen LogP contribution in [0.25, 0.3) is 66.1 Å². The molecule has 71 heavy (non-hydrogen) atoms. The monoisotopic (exact) mass is 979 g/mol. The van der Waals surface area contributed by atoms with Crippen molar-refractivity contribution in [2.24, 2.45) is 0 Å². The first kappa shape index (κ1) is 47.0. The summed E-state index contributed by atoms with van der Waals surface area (Å²) < 4.78 is 26.2. The van der Waals surface area contributed by atoms with Gasteiger partial charge < -0.3 is 45.7 Å². The van der Waals surface area contributed by atoms with Crippen LogP contribution in [0.4, 0.5) is 17.7 Å². The van der Waals surface area contributed by atoms with Gasteiger partial charge in [0.15, 0.2) is 0 Å². The molecule has 8 N–H and O–H groups in total. The minimum atomic E-state index is 0.122. The number of fused-ring (bicyclic) bond motifs is 8. The molecule has 8 aromatic heterocycles. The fourth-order valence-electron chi connectivity index (χ4n) is 10.4. The molecule has 0 amide bonds. The first-order chi connectivity index (χ1) is 34.0. The van der Waals surface area contributed by atoms with E-state index in [-0.39, 0.29) is 17.9 Å². The van der Waals surface area contributed by atoms with E-state index in [0.29, 0.717) is 40.0 Å². The molecule has 0 radical (unpaired) electrons. The molecule has 0 saturated carbocycles. The number of methoxy groups -OCH3 is 2. The van der Waals surface area contributed by atoms with Gasteiger partial charge in [-0.2, -0.15) is 20.2 Å². The van der Waals surface area contributed by atoms with E-state index in [9.17, 15) is 0 Å². The number of nitrogens with two attached hydrogens (primary N) is 3. The molecular weight excluding hydrogens is 922 g/mol. The van der Waals surface area contributed by atoms with Gasteiger partial charge in [-0.05, 0) is 124 Å². The molecule has 0 unspecified atom stereocenters. The summed E-state index contributed by atoms with van der Waals surface area (Å²) in [6.45, 7) is 16.2. The third-order valence-corrected chi connectivity index (χ3v) is 13.8. The summed E-state index contributed by atoms with van der Waals surface area (Å²) in [4.78, 5) is 24.2. The van der Waals surface area contributed by atoms with E-state index in [1.807, 2.05) is 50.6 Å². The number of hydrogen-bond acceptors (Lipinski definition) is 15. The average molecular weight is 981 g/mol. The molecule has 2 aromatic carbocycles. The van der Waals surface area contributed by atoms with Crippen molar-refractivity contribution in [1.82, 2.24) is 59.8 Å². The van der Waals surface area contributed by atoms with E-state index < -0.39 is 0 Å². The molecule has 0 bridgehead atoms. The molecule has 0 saturated heterocycles. The van der Waals surface area contributed by atoms with Gasteiger partial charge in [0, 0.05) is 68.1 Å². The fraction of sp³-hybridized carbons (Fsp3) is 0.373. The summed E-state index contributed by atoms with van der Waals surface area (Å²) in [5, 5.41) is 21.4. The molecular formula is C51H58ClN15O4. The van der Waals surface area contributed by atoms with Gasteiger partial charge in [0.1, 0.15) is 45.3 Å². The number of benzene rings is 2. The maximum absolute atomic E-state index is 6.25. The lowest BCUT2D eigenvalue weighted by atomic mass is 10.00. The van der Waals surface area contributed by atoms with Crippen molar-refractivity contribution in [3.05, 3.63) is 86.2 Å². The Kier molecular flexibility index (Phi) is 12.1. The van der Waals surface area contributed by atoms with Crippen LogP contribution in [0, 0.1) is 27.7 Å². The Bertz CT molecular complexity index is 3640. The highest BCUT2D eigenvalue weighted by Crippen LogP contribution is 2.43. The Morgan fingerprint density at radius 2 is 1.14 bits per heavy atom. The number of aromatic nitrogens is 12. The molecule has 0 fully saturated rings. The van der Waals surface area contributed by atoms with Crippen LogP contribution in [0.5, 0.6) is 11.5 Å².